The van der Waals surface area contributed by atoms with Crippen molar-refractivity contribution >= 4 is 41.0 Å². The summed E-state index contributed by atoms with van der Waals surface area (Å²) in [6.07, 6.45) is 0.702. The monoisotopic (exact) mass is 402 g/mol. The van der Waals surface area contributed by atoms with Crippen LogP contribution in [0.15, 0.2) is 5.16 Å². The topological polar surface area (TPSA) is 109 Å². The van der Waals surface area contributed by atoms with Gasteiger partial charge in [0.25, 0.3) is 0 Å². The number of aromatic nitrogens is 2. The summed E-state index contributed by atoms with van der Waals surface area (Å²) in [5.41, 5.74) is 6.31. The molecule has 1 saturated carbocycles. The molecule has 10 heteroatoms. The molecule has 0 amide bonds. The van der Waals surface area contributed by atoms with Crippen molar-refractivity contribution in [1.82, 2.24) is 9.97 Å². The van der Waals surface area contributed by atoms with Crippen LogP contribution in [-0.4, -0.2) is 52.8 Å². The van der Waals surface area contributed by atoms with Crippen molar-refractivity contribution < 1.29 is 19.0 Å². The minimum Gasteiger partial charge on any atom is -0.425 e. The third kappa shape index (κ3) is 4.10. The summed E-state index contributed by atoms with van der Waals surface area (Å²) in [5.74, 6) is 1.32. The Morgan fingerprint density at radius 2 is 2.08 bits per heavy atom. The number of nitrogens with two attached hydrogens (primary N) is 1. The third-order valence-corrected chi connectivity index (χ3v) is 5.55. The lowest BCUT2D eigenvalue weighted by molar-refractivity contribution is -0.0152. The molecule has 2 fully saturated rings. The fraction of sp³-hybridized carbons (Fsp3) is 0.688. The minimum atomic E-state index is -0.676. The van der Waals surface area contributed by atoms with Crippen molar-refractivity contribution in [2.75, 3.05) is 23.4 Å². The molecule has 2 heterocycles. The Bertz CT molecular complexity index is 665. The van der Waals surface area contributed by atoms with Crippen molar-refractivity contribution in [2.45, 2.75) is 62.6 Å². The molecule has 0 bridgehead atoms. The molecular weight excluding hydrogens is 380 g/mol. The molecule has 26 heavy (non-hydrogen) atoms. The fourth-order valence-corrected chi connectivity index (χ4v) is 3.96. The maximum atomic E-state index is 11.6. The van der Waals surface area contributed by atoms with E-state index < -0.39 is 18.4 Å². The number of nitrogens with one attached hydrogen (secondary N) is 1. The second kappa shape index (κ2) is 8.49. The zero-order chi connectivity index (χ0) is 18.7. The number of carbonyl (C=O) groups is 1. The predicted octanol–water partition coefficient (Wildman–Crippen LogP) is 3.10. The Labute approximate surface area is 161 Å². The second-order valence-corrected chi connectivity index (χ2v) is 7.64. The lowest BCUT2D eigenvalue weighted by Gasteiger charge is -2.19. The molecule has 4 atom stereocenters. The number of thioether (sulfide) groups is 1. The van der Waals surface area contributed by atoms with E-state index in [2.05, 4.69) is 22.2 Å². The first-order valence-electron chi connectivity index (χ1n) is 8.74. The van der Waals surface area contributed by atoms with Crippen LogP contribution in [0.1, 0.15) is 33.1 Å². The van der Waals surface area contributed by atoms with Gasteiger partial charge in [-0.3, -0.25) is 0 Å². The molecule has 1 aromatic rings. The van der Waals surface area contributed by atoms with E-state index in [1.54, 1.807) is 0 Å². The minimum absolute atomic E-state index is 0.203. The Morgan fingerprint density at radius 3 is 2.81 bits per heavy atom. The average Bonchev–Trinajstić information content (AvgIpc) is 3.14. The molecule has 3 rings (SSSR count). The Morgan fingerprint density at radius 1 is 1.31 bits per heavy atom. The molecule has 1 aliphatic heterocycles. The van der Waals surface area contributed by atoms with Crippen LogP contribution in [-0.2, 0) is 14.2 Å². The average molecular weight is 403 g/mol. The SMILES string of the molecule is CCCO[C@H]1C[C@@H](Nc2nc(SCCC)nc(Cl)c2N)[C@@H]2OC(=O)O[C@@H]21. The summed E-state index contributed by atoms with van der Waals surface area (Å²) in [5, 5.41) is 4.01. The zero-order valence-corrected chi connectivity index (χ0v) is 16.3. The number of halogens is 1. The Balaban J connectivity index is 1.77. The van der Waals surface area contributed by atoms with Crippen LogP contribution in [0.2, 0.25) is 5.15 Å². The van der Waals surface area contributed by atoms with E-state index in [1.165, 1.54) is 11.8 Å². The van der Waals surface area contributed by atoms with E-state index in [-0.39, 0.29) is 23.0 Å². The van der Waals surface area contributed by atoms with Gasteiger partial charge in [0, 0.05) is 18.8 Å². The largest absolute Gasteiger partial charge is 0.509 e. The van der Waals surface area contributed by atoms with Gasteiger partial charge in [-0.15, -0.1) is 0 Å². The second-order valence-electron chi connectivity index (χ2n) is 6.22. The lowest BCUT2D eigenvalue weighted by Crippen LogP contribution is -2.34. The maximum absolute atomic E-state index is 11.6. The van der Waals surface area contributed by atoms with E-state index in [0.717, 1.165) is 18.6 Å². The van der Waals surface area contributed by atoms with Gasteiger partial charge in [0.1, 0.15) is 11.8 Å². The Hall–Kier alpha value is -1.45. The zero-order valence-electron chi connectivity index (χ0n) is 14.7. The molecule has 3 N–H and O–H groups in total. The molecule has 1 aliphatic carbocycles. The number of hydrogen-bond donors (Lipinski definition) is 2. The van der Waals surface area contributed by atoms with Gasteiger partial charge in [-0.25, -0.2) is 14.8 Å². The van der Waals surface area contributed by atoms with Crippen LogP contribution >= 0.6 is 23.4 Å². The number of nitrogen functional groups attached to an aromatic ring is 1. The van der Waals surface area contributed by atoms with Gasteiger partial charge in [0.05, 0.1) is 6.04 Å². The molecule has 8 nitrogen and oxygen atoms in total. The van der Waals surface area contributed by atoms with Gasteiger partial charge in [-0.05, 0) is 12.8 Å². The summed E-state index contributed by atoms with van der Waals surface area (Å²) in [7, 11) is 0. The van der Waals surface area contributed by atoms with Gasteiger partial charge in [0.15, 0.2) is 28.3 Å². The summed E-state index contributed by atoms with van der Waals surface area (Å²) in [4.78, 5) is 20.2. The molecule has 0 radical (unpaired) electrons. The maximum Gasteiger partial charge on any atom is 0.509 e. The standard InChI is InChI=1S/C16H23ClN4O4S/c1-3-5-23-9-7-8(11-12(9)25-16(22)24-11)19-14-10(18)13(17)20-15(21-14)26-6-4-2/h8-9,11-12H,3-7,18H2,1-2H3,(H,19,20,21)/t8-,9+,11+,12-/m1/s1. The first-order valence-corrected chi connectivity index (χ1v) is 10.1. The molecular formula is C16H23ClN4O4S. The normalized spacial score (nSPS) is 27.1. The van der Waals surface area contributed by atoms with Crippen LogP contribution < -0.4 is 11.1 Å². The predicted molar refractivity (Wildman–Crippen MR) is 99.7 cm³/mol. The summed E-state index contributed by atoms with van der Waals surface area (Å²) in [6, 6.07) is -0.231. The molecule has 144 valence electrons. The van der Waals surface area contributed by atoms with Crippen LogP contribution in [0.3, 0.4) is 0 Å². The highest BCUT2D eigenvalue weighted by molar-refractivity contribution is 7.99. The van der Waals surface area contributed by atoms with Gasteiger partial charge >= 0.3 is 6.16 Å². The molecule has 0 spiro atoms. The number of ether oxygens (including phenoxy) is 3. The number of hydrogen-bond acceptors (Lipinski definition) is 9. The van der Waals surface area contributed by atoms with E-state index in [4.69, 9.17) is 31.5 Å². The van der Waals surface area contributed by atoms with Crippen molar-refractivity contribution in [1.29, 1.82) is 0 Å². The van der Waals surface area contributed by atoms with Gasteiger partial charge in [-0.1, -0.05) is 37.2 Å². The summed E-state index contributed by atoms with van der Waals surface area (Å²) in [6.45, 7) is 4.70. The highest BCUT2D eigenvalue weighted by atomic mass is 35.5. The third-order valence-electron chi connectivity index (χ3n) is 4.21. The first-order chi connectivity index (χ1) is 12.5. The highest BCUT2D eigenvalue weighted by Gasteiger charge is 2.53. The Kier molecular flexibility index (Phi) is 6.31. The van der Waals surface area contributed by atoms with E-state index in [1.807, 2.05) is 6.92 Å². The van der Waals surface area contributed by atoms with E-state index in [9.17, 15) is 4.79 Å². The first kappa shape index (κ1) is 19.3. The quantitative estimate of drug-likeness (QED) is 0.293. The highest BCUT2D eigenvalue weighted by Crippen LogP contribution is 2.37. The number of rotatable bonds is 8. The van der Waals surface area contributed by atoms with Crippen LogP contribution in [0, 0.1) is 0 Å². The number of fused-ring (bicyclic) bond motifs is 1. The van der Waals surface area contributed by atoms with Crippen molar-refractivity contribution in [3.63, 3.8) is 0 Å². The van der Waals surface area contributed by atoms with Gasteiger partial charge in [0.2, 0.25) is 0 Å². The summed E-state index contributed by atoms with van der Waals surface area (Å²) < 4.78 is 16.4. The smallest absolute Gasteiger partial charge is 0.425 e. The summed E-state index contributed by atoms with van der Waals surface area (Å²) >= 11 is 7.66. The van der Waals surface area contributed by atoms with Crippen molar-refractivity contribution in [2.24, 2.45) is 0 Å². The van der Waals surface area contributed by atoms with Crippen LogP contribution in [0.4, 0.5) is 16.3 Å². The van der Waals surface area contributed by atoms with Gasteiger partial charge in [-0.2, -0.15) is 0 Å². The molecule has 0 unspecified atom stereocenters. The van der Waals surface area contributed by atoms with Gasteiger partial charge < -0.3 is 25.3 Å². The van der Waals surface area contributed by atoms with Crippen molar-refractivity contribution in [3.8, 4) is 0 Å². The van der Waals surface area contributed by atoms with Crippen molar-refractivity contribution in [3.05, 3.63) is 5.15 Å². The number of anilines is 2. The van der Waals surface area contributed by atoms with Crippen LogP contribution in [0.25, 0.3) is 0 Å². The molecule has 0 aromatic carbocycles. The number of nitrogens with zero attached hydrogens (tertiary/aromatic N) is 2. The lowest BCUT2D eigenvalue weighted by atomic mass is 10.2. The fourth-order valence-electron chi connectivity index (χ4n) is 3.04. The van der Waals surface area contributed by atoms with Crippen LogP contribution in [0.5, 0.6) is 0 Å². The number of carbonyl (C=O) groups excluding carboxylic acids is 1. The van der Waals surface area contributed by atoms with E-state index >= 15 is 0 Å². The van der Waals surface area contributed by atoms with E-state index in [0.29, 0.717) is 24.0 Å². The molecule has 1 aromatic heterocycles. The molecule has 2 aliphatic rings. The molecule has 1 saturated heterocycles.